The molecule has 0 saturated carbocycles. The van der Waals surface area contributed by atoms with Crippen LogP contribution in [0.15, 0.2) is 59.6 Å². The fourth-order valence-corrected chi connectivity index (χ4v) is 5.91. The smallest absolute Gasteiger partial charge is 0.115 e. The van der Waals surface area contributed by atoms with E-state index in [4.69, 9.17) is 0 Å². The van der Waals surface area contributed by atoms with E-state index in [9.17, 15) is 10.2 Å². The molecule has 3 aromatic rings. The summed E-state index contributed by atoms with van der Waals surface area (Å²) in [6.45, 7) is 6.14. The van der Waals surface area contributed by atoms with Crippen molar-refractivity contribution in [1.82, 2.24) is 9.88 Å². The van der Waals surface area contributed by atoms with Crippen LogP contribution in [-0.2, 0) is 18.3 Å². The Morgan fingerprint density at radius 3 is 2.86 bits per heavy atom. The number of likely N-dealkylation sites (tertiary alicyclic amines) is 1. The standard InChI is InChI=1S/C24H25BrN2O2/c1-2-9-27-10-8-23(16-4-3-5-18(28)11-16)14-22-20(13-24(23,29)15-27)19-7-6-17(25)12-21(19)26-22/h2-7,11-12,26,28-29H,1,8-10,13-15H2. The zero-order valence-corrected chi connectivity index (χ0v) is 17.9. The number of phenols is 1. The van der Waals surface area contributed by atoms with Crippen molar-refractivity contribution in [2.75, 3.05) is 19.6 Å². The van der Waals surface area contributed by atoms with Gasteiger partial charge in [-0.3, -0.25) is 4.90 Å². The SMILES string of the molecule is C=CCN1CCC2(c3cccc(O)c3)Cc3[nH]c4cc(Br)ccc4c3CC2(O)C1. The van der Waals surface area contributed by atoms with Crippen LogP contribution >= 0.6 is 15.9 Å². The second-order valence-electron chi connectivity index (χ2n) is 8.56. The van der Waals surface area contributed by atoms with Crippen molar-refractivity contribution < 1.29 is 10.2 Å². The van der Waals surface area contributed by atoms with Gasteiger partial charge in [0.05, 0.1) is 5.60 Å². The predicted molar refractivity (Wildman–Crippen MR) is 119 cm³/mol. The van der Waals surface area contributed by atoms with Crippen molar-refractivity contribution in [3.63, 3.8) is 0 Å². The average Bonchev–Trinajstić information content (AvgIpc) is 3.01. The number of hydrogen-bond acceptors (Lipinski definition) is 3. The number of aliphatic hydroxyl groups is 1. The van der Waals surface area contributed by atoms with Gasteiger partial charge in [-0.2, -0.15) is 0 Å². The van der Waals surface area contributed by atoms with Crippen molar-refractivity contribution in [3.8, 4) is 5.75 Å². The number of aromatic nitrogens is 1. The number of piperidine rings is 1. The van der Waals surface area contributed by atoms with Crippen LogP contribution in [0.1, 0.15) is 23.2 Å². The lowest BCUT2D eigenvalue weighted by atomic mass is 9.56. The van der Waals surface area contributed by atoms with E-state index in [0.29, 0.717) is 13.0 Å². The minimum Gasteiger partial charge on any atom is -0.508 e. The van der Waals surface area contributed by atoms with Crippen LogP contribution in [0.3, 0.4) is 0 Å². The molecular formula is C24H25BrN2O2. The molecule has 2 atom stereocenters. The number of nitrogens with zero attached hydrogens (tertiary/aromatic N) is 1. The summed E-state index contributed by atoms with van der Waals surface area (Å²) in [5.74, 6) is 0.249. The molecule has 4 nitrogen and oxygen atoms in total. The van der Waals surface area contributed by atoms with Gasteiger partial charge in [0.25, 0.3) is 0 Å². The molecule has 1 saturated heterocycles. The monoisotopic (exact) mass is 452 g/mol. The maximum absolute atomic E-state index is 12.2. The first-order valence-electron chi connectivity index (χ1n) is 10.1. The Labute approximate surface area is 179 Å². The summed E-state index contributed by atoms with van der Waals surface area (Å²) in [7, 11) is 0. The number of phenolic OH excluding ortho intramolecular Hbond substituents is 1. The molecule has 150 valence electrons. The number of aromatic amines is 1. The van der Waals surface area contributed by atoms with Gasteiger partial charge in [-0.25, -0.2) is 0 Å². The van der Waals surface area contributed by atoms with E-state index < -0.39 is 11.0 Å². The van der Waals surface area contributed by atoms with Crippen molar-refractivity contribution >= 4 is 26.8 Å². The van der Waals surface area contributed by atoms with Crippen LogP contribution in [0.5, 0.6) is 5.75 Å². The first kappa shape index (κ1) is 18.9. The molecular weight excluding hydrogens is 428 g/mol. The van der Waals surface area contributed by atoms with Crippen LogP contribution in [0.25, 0.3) is 10.9 Å². The number of halogens is 1. The quantitative estimate of drug-likeness (QED) is 0.519. The second-order valence-corrected chi connectivity index (χ2v) is 9.48. The molecule has 0 spiro atoms. The molecule has 29 heavy (non-hydrogen) atoms. The molecule has 5 rings (SSSR count). The van der Waals surface area contributed by atoms with E-state index in [0.717, 1.165) is 41.5 Å². The highest BCUT2D eigenvalue weighted by Gasteiger charge is 2.57. The van der Waals surface area contributed by atoms with Gasteiger partial charge in [0.15, 0.2) is 0 Å². The van der Waals surface area contributed by atoms with Crippen LogP contribution in [0.4, 0.5) is 0 Å². The number of nitrogens with one attached hydrogen (secondary N) is 1. The fourth-order valence-electron chi connectivity index (χ4n) is 5.55. The Hall–Kier alpha value is -2.08. The van der Waals surface area contributed by atoms with Gasteiger partial charge in [0.1, 0.15) is 5.75 Å². The molecule has 0 radical (unpaired) electrons. The summed E-state index contributed by atoms with van der Waals surface area (Å²) in [6.07, 6.45) is 4.06. The zero-order chi connectivity index (χ0) is 20.2. The lowest BCUT2D eigenvalue weighted by Gasteiger charge is -2.56. The van der Waals surface area contributed by atoms with E-state index in [-0.39, 0.29) is 5.75 Å². The highest BCUT2D eigenvalue weighted by molar-refractivity contribution is 9.10. The minimum absolute atomic E-state index is 0.249. The van der Waals surface area contributed by atoms with Gasteiger partial charge in [-0.1, -0.05) is 40.2 Å². The Kier molecular flexibility index (Phi) is 4.39. The third-order valence-corrected chi connectivity index (χ3v) is 7.41. The molecule has 1 aromatic heterocycles. The highest BCUT2D eigenvalue weighted by Crippen LogP contribution is 2.51. The Balaban J connectivity index is 1.69. The van der Waals surface area contributed by atoms with Gasteiger partial charge in [0.2, 0.25) is 0 Å². The lowest BCUT2D eigenvalue weighted by molar-refractivity contribution is -0.100. The molecule has 3 N–H and O–H groups in total. The summed E-state index contributed by atoms with van der Waals surface area (Å²) in [5.41, 5.74) is 3.17. The third kappa shape index (κ3) is 2.87. The molecule has 2 aliphatic rings. The normalized spacial score (nSPS) is 26.8. The number of benzene rings is 2. The van der Waals surface area contributed by atoms with Crippen LogP contribution in [0.2, 0.25) is 0 Å². The van der Waals surface area contributed by atoms with Crippen LogP contribution < -0.4 is 0 Å². The molecule has 1 fully saturated rings. The summed E-state index contributed by atoms with van der Waals surface area (Å²) < 4.78 is 1.04. The van der Waals surface area contributed by atoms with Gasteiger partial charge in [0, 0.05) is 52.4 Å². The van der Waals surface area contributed by atoms with Crippen molar-refractivity contribution in [1.29, 1.82) is 0 Å². The summed E-state index contributed by atoms with van der Waals surface area (Å²) in [5, 5.41) is 23.5. The topological polar surface area (TPSA) is 59.5 Å². The van der Waals surface area contributed by atoms with E-state index in [2.05, 4.69) is 56.7 Å². The number of H-pyrrole nitrogens is 1. The number of fused-ring (bicyclic) bond motifs is 4. The minimum atomic E-state index is -0.919. The van der Waals surface area contributed by atoms with Crippen LogP contribution in [0, 0.1) is 0 Å². The Morgan fingerprint density at radius 1 is 1.21 bits per heavy atom. The van der Waals surface area contributed by atoms with Gasteiger partial charge in [-0.05, 0) is 48.4 Å². The van der Waals surface area contributed by atoms with Crippen molar-refractivity contribution in [3.05, 3.63) is 76.4 Å². The zero-order valence-electron chi connectivity index (χ0n) is 16.3. The second kappa shape index (κ2) is 6.73. The molecule has 0 bridgehead atoms. The average molecular weight is 453 g/mol. The number of rotatable bonds is 3. The van der Waals surface area contributed by atoms with Gasteiger partial charge >= 0.3 is 0 Å². The summed E-state index contributed by atoms with van der Waals surface area (Å²) >= 11 is 3.56. The van der Waals surface area contributed by atoms with E-state index in [1.165, 1.54) is 16.6 Å². The molecule has 2 heterocycles. The predicted octanol–water partition coefficient (Wildman–Crippen LogP) is 4.30. The van der Waals surface area contributed by atoms with Crippen molar-refractivity contribution in [2.24, 2.45) is 0 Å². The largest absolute Gasteiger partial charge is 0.508 e. The van der Waals surface area contributed by atoms with E-state index in [1.54, 1.807) is 6.07 Å². The maximum atomic E-state index is 12.2. The number of aromatic hydroxyl groups is 1. The Morgan fingerprint density at radius 2 is 2.07 bits per heavy atom. The number of hydrogen-bond donors (Lipinski definition) is 3. The van der Waals surface area contributed by atoms with Gasteiger partial charge < -0.3 is 15.2 Å². The van der Waals surface area contributed by atoms with Crippen molar-refractivity contribution in [2.45, 2.75) is 30.3 Å². The van der Waals surface area contributed by atoms with E-state index in [1.807, 2.05) is 18.2 Å². The Bertz CT molecular complexity index is 1110. The first-order chi connectivity index (χ1) is 13.9. The fraction of sp³-hybridized carbons (Fsp3) is 0.333. The third-order valence-electron chi connectivity index (χ3n) is 6.92. The molecule has 5 heteroatoms. The van der Waals surface area contributed by atoms with Gasteiger partial charge in [-0.15, -0.1) is 6.58 Å². The molecule has 0 amide bonds. The highest BCUT2D eigenvalue weighted by atomic mass is 79.9. The lowest BCUT2D eigenvalue weighted by Crippen LogP contribution is -2.66. The molecule has 1 aliphatic carbocycles. The first-order valence-corrected chi connectivity index (χ1v) is 10.9. The molecule has 2 aromatic carbocycles. The molecule has 1 aliphatic heterocycles. The summed E-state index contributed by atoms with van der Waals surface area (Å²) in [6, 6.07) is 13.8. The van der Waals surface area contributed by atoms with E-state index >= 15 is 0 Å². The van der Waals surface area contributed by atoms with Crippen LogP contribution in [-0.4, -0.2) is 45.3 Å². The number of β-amino-alcohol motifs (C(OH)–C–C–N with tert-alkyl or cyclic N) is 1. The maximum Gasteiger partial charge on any atom is 0.115 e. The molecule has 2 unspecified atom stereocenters. The summed E-state index contributed by atoms with van der Waals surface area (Å²) in [4.78, 5) is 5.90.